The van der Waals surface area contributed by atoms with Crippen molar-refractivity contribution in [1.82, 2.24) is 14.9 Å². The van der Waals surface area contributed by atoms with E-state index in [0.717, 1.165) is 47.5 Å². The molecule has 152 valence electrons. The second-order valence-corrected chi connectivity index (χ2v) is 7.27. The van der Waals surface area contributed by atoms with Crippen LogP contribution in [0.3, 0.4) is 0 Å². The van der Waals surface area contributed by atoms with Crippen molar-refractivity contribution in [3.63, 3.8) is 0 Å². The molecule has 0 bridgehead atoms. The van der Waals surface area contributed by atoms with Crippen molar-refractivity contribution in [1.29, 1.82) is 0 Å². The fourth-order valence-electron chi connectivity index (χ4n) is 3.53. The third-order valence-corrected chi connectivity index (χ3v) is 5.03. The van der Waals surface area contributed by atoms with Crippen LogP contribution in [-0.4, -0.2) is 22.1 Å². The number of imidazole rings is 1. The second-order valence-electron chi connectivity index (χ2n) is 7.27. The maximum atomic E-state index is 11.8. The highest BCUT2D eigenvalue weighted by Gasteiger charge is 2.12. The van der Waals surface area contributed by atoms with E-state index in [1.54, 1.807) is 0 Å². The standard InChI is InChI=1S/C25H26N4O/c1-2-18-26-25(30)27-20-15-12-19(13-16-20)14-17-24-28-22-10-6-7-11-23(22)29(24)21-8-4-3-5-9-21/h3-13,15-16H,2,14,17-18H2,1H3,(H2,26,27,30). The molecule has 0 fully saturated rings. The maximum Gasteiger partial charge on any atom is 0.319 e. The van der Waals surface area contributed by atoms with E-state index in [9.17, 15) is 4.79 Å². The van der Waals surface area contributed by atoms with Gasteiger partial charge in [-0.2, -0.15) is 0 Å². The molecule has 0 atom stereocenters. The minimum Gasteiger partial charge on any atom is -0.338 e. The third-order valence-electron chi connectivity index (χ3n) is 5.03. The number of nitrogens with one attached hydrogen (secondary N) is 2. The lowest BCUT2D eigenvalue weighted by atomic mass is 10.1. The van der Waals surface area contributed by atoms with Crippen LogP contribution in [-0.2, 0) is 12.8 Å². The van der Waals surface area contributed by atoms with Crippen LogP contribution in [0.15, 0.2) is 78.9 Å². The molecule has 5 nitrogen and oxygen atoms in total. The van der Waals surface area contributed by atoms with Gasteiger partial charge in [-0.1, -0.05) is 49.4 Å². The summed E-state index contributed by atoms with van der Waals surface area (Å²) in [5, 5.41) is 5.68. The first-order valence-corrected chi connectivity index (χ1v) is 10.4. The molecule has 1 aromatic heterocycles. The van der Waals surface area contributed by atoms with Gasteiger partial charge in [0.2, 0.25) is 0 Å². The van der Waals surface area contributed by atoms with E-state index < -0.39 is 0 Å². The second kappa shape index (κ2) is 9.27. The van der Waals surface area contributed by atoms with Crippen LogP contribution in [0, 0.1) is 0 Å². The van der Waals surface area contributed by atoms with Crippen LogP contribution >= 0.6 is 0 Å². The molecule has 0 aliphatic carbocycles. The molecule has 3 aromatic carbocycles. The number of para-hydroxylation sites is 3. The Morgan fingerprint density at radius 1 is 0.900 bits per heavy atom. The number of amides is 2. The summed E-state index contributed by atoms with van der Waals surface area (Å²) >= 11 is 0. The number of hydrogen-bond acceptors (Lipinski definition) is 2. The number of rotatable bonds is 7. The predicted octanol–water partition coefficient (Wildman–Crippen LogP) is 5.34. The lowest BCUT2D eigenvalue weighted by molar-refractivity contribution is 0.252. The average Bonchev–Trinajstić information content (AvgIpc) is 3.16. The van der Waals surface area contributed by atoms with Gasteiger partial charge in [0.15, 0.2) is 0 Å². The van der Waals surface area contributed by atoms with Crippen LogP contribution in [0.2, 0.25) is 0 Å². The fourth-order valence-corrected chi connectivity index (χ4v) is 3.53. The number of carbonyl (C=O) groups is 1. The Morgan fingerprint density at radius 2 is 1.63 bits per heavy atom. The van der Waals surface area contributed by atoms with Crippen molar-refractivity contribution in [3.05, 3.63) is 90.3 Å². The number of aryl methyl sites for hydroxylation is 2. The molecule has 0 aliphatic rings. The molecule has 0 aliphatic heterocycles. The van der Waals surface area contributed by atoms with Gasteiger partial charge in [0.1, 0.15) is 5.82 Å². The summed E-state index contributed by atoms with van der Waals surface area (Å²) < 4.78 is 2.24. The molecule has 1 heterocycles. The minimum absolute atomic E-state index is 0.166. The number of fused-ring (bicyclic) bond motifs is 1. The zero-order chi connectivity index (χ0) is 20.8. The van der Waals surface area contributed by atoms with Gasteiger partial charge in [-0.3, -0.25) is 4.57 Å². The highest BCUT2D eigenvalue weighted by atomic mass is 16.2. The van der Waals surface area contributed by atoms with E-state index in [2.05, 4.69) is 69.8 Å². The summed E-state index contributed by atoms with van der Waals surface area (Å²) in [6.07, 6.45) is 2.62. The van der Waals surface area contributed by atoms with Gasteiger partial charge >= 0.3 is 6.03 Å². The van der Waals surface area contributed by atoms with Gasteiger partial charge in [-0.05, 0) is 54.8 Å². The Bertz CT molecular complexity index is 1120. The molecule has 0 spiro atoms. The van der Waals surface area contributed by atoms with E-state index in [0.29, 0.717) is 6.54 Å². The number of aromatic nitrogens is 2. The van der Waals surface area contributed by atoms with E-state index >= 15 is 0 Å². The Hall–Kier alpha value is -3.60. The fraction of sp³-hybridized carbons (Fsp3) is 0.200. The molecule has 4 rings (SSSR count). The SMILES string of the molecule is CCCNC(=O)Nc1ccc(CCc2nc3ccccc3n2-c2ccccc2)cc1. The van der Waals surface area contributed by atoms with Gasteiger partial charge in [0.25, 0.3) is 0 Å². The van der Waals surface area contributed by atoms with Crippen molar-refractivity contribution in [3.8, 4) is 5.69 Å². The van der Waals surface area contributed by atoms with Crippen LogP contribution < -0.4 is 10.6 Å². The summed E-state index contributed by atoms with van der Waals surface area (Å²) in [5.74, 6) is 1.04. The highest BCUT2D eigenvalue weighted by molar-refractivity contribution is 5.89. The molecular formula is C25H26N4O. The van der Waals surface area contributed by atoms with Crippen molar-refractivity contribution in [2.45, 2.75) is 26.2 Å². The van der Waals surface area contributed by atoms with E-state index in [4.69, 9.17) is 4.98 Å². The predicted molar refractivity (Wildman–Crippen MR) is 122 cm³/mol. The Morgan fingerprint density at radius 3 is 2.40 bits per heavy atom. The molecule has 0 saturated heterocycles. The van der Waals surface area contributed by atoms with Crippen LogP contribution in [0.25, 0.3) is 16.7 Å². The summed E-state index contributed by atoms with van der Waals surface area (Å²) in [4.78, 5) is 16.7. The van der Waals surface area contributed by atoms with Crippen molar-refractivity contribution < 1.29 is 4.79 Å². The maximum absolute atomic E-state index is 11.8. The number of nitrogens with zero attached hydrogens (tertiary/aromatic N) is 2. The number of hydrogen-bond donors (Lipinski definition) is 2. The first-order valence-electron chi connectivity index (χ1n) is 10.4. The lowest BCUT2D eigenvalue weighted by Crippen LogP contribution is -2.29. The molecule has 5 heteroatoms. The van der Waals surface area contributed by atoms with Gasteiger partial charge in [-0.25, -0.2) is 9.78 Å². The number of carbonyl (C=O) groups excluding carboxylic acids is 1. The Balaban J connectivity index is 1.50. The summed E-state index contributed by atoms with van der Waals surface area (Å²) in [7, 11) is 0. The van der Waals surface area contributed by atoms with Gasteiger partial charge in [-0.15, -0.1) is 0 Å². The largest absolute Gasteiger partial charge is 0.338 e. The number of anilines is 1. The normalized spacial score (nSPS) is 10.8. The van der Waals surface area contributed by atoms with E-state index in [1.165, 1.54) is 5.56 Å². The molecule has 0 unspecified atom stereocenters. The first kappa shape index (κ1) is 19.7. The minimum atomic E-state index is -0.166. The molecule has 2 amide bonds. The molecule has 0 saturated carbocycles. The van der Waals surface area contributed by atoms with E-state index in [1.807, 2.05) is 31.2 Å². The average molecular weight is 399 g/mol. The van der Waals surface area contributed by atoms with Crippen LogP contribution in [0.4, 0.5) is 10.5 Å². The lowest BCUT2D eigenvalue weighted by Gasteiger charge is -2.10. The summed E-state index contributed by atoms with van der Waals surface area (Å²) in [6, 6.07) is 26.5. The number of benzene rings is 3. The summed E-state index contributed by atoms with van der Waals surface area (Å²) in [5.41, 5.74) is 5.26. The summed E-state index contributed by atoms with van der Waals surface area (Å²) in [6.45, 7) is 2.70. The highest BCUT2D eigenvalue weighted by Crippen LogP contribution is 2.22. The molecule has 4 aromatic rings. The van der Waals surface area contributed by atoms with Crippen molar-refractivity contribution >= 4 is 22.8 Å². The van der Waals surface area contributed by atoms with Gasteiger partial charge < -0.3 is 10.6 Å². The van der Waals surface area contributed by atoms with Crippen LogP contribution in [0.1, 0.15) is 24.7 Å². The molecule has 2 N–H and O–H groups in total. The Kier molecular flexibility index (Phi) is 6.09. The number of urea groups is 1. The molecule has 30 heavy (non-hydrogen) atoms. The van der Waals surface area contributed by atoms with Gasteiger partial charge in [0, 0.05) is 24.3 Å². The molecular weight excluding hydrogens is 372 g/mol. The van der Waals surface area contributed by atoms with Crippen molar-refractivity contribution in [2.75, 3.05) is 11.9 Å². The first-order chi connectivity index (χ1) is 14.7. The van der Waals surface area contributed by atoms with Gasteiger partial charge in [0.05, 0.1) is 11.0 Å². The third kappa shape index (κ3) is 4.51. The molecule has 0 radical (unpaired) electrons. The van der Waals surface area contributed by atoms with Crippen LogP contribution in [0.5, 0.6) is 0 Å². The Labute approximate surface area is 176 Å². The topological polar surface area (TPSA) is 59.0 Å². The monoisotopic (exact) mass is 398 g/mol. The quantitative estimate of drug-likeness (QED) is 0.441. The zero-order valence-corrected chi connectivity index (χ0v) is 17.1. The van der Waals surface area contributed by atoms with Crippen molar-refractivity contribution in [2.24, 2.45) is 0 Å². The van der Waals surface area contributed by atoms with E-state index in [-0.39, 0.29) is 6.03 Å². The zero-order valence-electron chi connectivity index (χ0n) is 17.1. The smallest absolute Gasteiger partial charge is 0.319 e.